The summed E-state index contributed by atoms with van der Waals surface area (Å²) in [6.07, 6.45) is 1.81. The van der Waals surface area contributed by atoms with E-state index in [-0.39, 0.29) is 5.56 Å². The lowest BCUT2D eigenvalue weighted by molar-refractivity contribution is 0.0696. The molecule has 0 saturated carbocycles. The first-order valence-corrected chi connectivity index (χ1v) is 6.27. The van der Waals surface area contributed by atoms with Gasteiger partial charge in [0.25, 0.3) is 0 Å². The summed E-state index contributed by atoms with van der Waals surface area (Å²) in [7, 11) is 0. The fraction of sp³-hybridized carbons (Fsp3) is 0. The molecule has 3 aromatic rings. The molecule has 3 rings (SSSR count). The number of aromatic hydroxyl groups is 3. The number of aromatic carboxylic acids is 1. The van der Waals surface area contributed by atoms with E-state index in [1.54, 1.807) is 0 Å². The number of fused-ring (bicyclic) bond motifs is 1. The van der Waals surface area contributed by atoms with Crippen LogP contribution < -0.4 is 0 Å². The van der Waals surface area contributed by atoms with Gasteiger partial charge in [-0.25, -0.2) is 4.79 Å². The van der Waals surface area contributed by atoms with E-state index in [4.69, 9.17) is 20.4 Å². The predicted octanol–water partition coefficient (Wildman–Crippen LogP) is 2.74. The van der Waals surface area contributed by atoms with E-state index < -0.39 is 23.2 Å². The largest absolute Gasteiger partial charge is 0.504 e. The summed E-state index contributed by atoms with van der Waals surface area (Å²) in [5.41, 5.74) is 0.771. The number of carboxylic acids is 1. The standard InChI is InChI=1S/C9H7N.C7H6O5/c1-2-6-9-8(4-1)5-3-7-10-9;8-4-1-3(7(11)12)2-5(9)6(4)10/h1-7H;1-2,8-10H,(H,11,12). The molecule has 0 spiro atoms. The summed E-state index contributed by atoms with van der Waals surface area (Å²) in [4.78, 5) is 14.5. The van der Waals surface area contributed by atoms with Crippen molar-refractivity contribution in [3.63, 3.8) is 0 Å². The highest BCUT2D eigenvalue weighted by Gasteiger charge is 2.11. The van der Waals surface area contributed by atoms with E-state index in [2.05, 4.69) is 17.1 Å². The Balaban J connectivity index is 0.000000162. The second-order valence-electron chi connectivity index (χ2n) is 4.36. The number of hydrogen-bond donors (Lipinski definition) is 4. The van der Waals surface area contributed by atoms with Crippen LogP contribution in [0.4, 0.5) is 0 Å². The number of phenolic OH excluding ortho intramolecular Hbond substituents is 3. The summed E-state index contributed by atoms with van der Waals surface area (Å²) < 4.78 is 0. The first-order valence-electron chi connectivity index (χ1n) is 6.27. The summed E-state index contributed by atoms with van der Waals surface area (Å²) in [6.45, 7) is 0. The fourth-order valence-corrected chi connectivity index (χ4v) is 1.74. The summed E-state index contributed by atoms with van der Waals surface area (Å²) >= 11 is 0. The topological polar surface area (TPSA) is 111 Å². The van der Waals surface area contributed by atoms with Gasteiger partial charge in [-0.2, -0.15) is 0 Å². The van der Waals surface area contributed by atoms with Crippen LogP contribution >= 0.6 is 0 Å². The summed E-state index contributed by atoms with van der Waals surface area (Å²) in [6, 6.07) is 13.8. The maximum Gasteiger partial charge on any atom is 0.335 e. The Morgan fingerprint density at radius 3 is 2.09 bits per heavy atom. The number of phenols is 3. The second kappa shape index (κ2) is 6.45. The van der Waals surface area contributed by atoms with Crippen LogP contribution in [-0.4, -0.2) is 31.4 Å². The molecule has 112 valence electrons. The first-order chi connectivity index (χ1) is 10.5. The Bertz CT molecular complexity index is 728. The summed E-state index contributed by atoms with van der Waals surface area (Å²) in [5, 5.41) is 36.2. The number of aromatic nitrogens is 1. The van der Waals surface area contributed by atoms with Crippen LogP contribution in [-0.2, 0) is 0 Å². The molecule has 0 aliphatic rings. The molecule has 0 amide bonds. The maximum atomic E-state index is 10.3. The molecular formula is C16H13NO5. The molecule has 0 atom stereocenters. The van der Waals surface area contributed by atoms with Crippen molar-refractivity contribution in [2.24, 2.45) is 0 Å². The van der Waals surface area contributed by atoms with Crippen molar-refractivity contribution < 1.29 is 25.2 Å². The molecule has 0 saturated heterocycles. The molecule has 4 N–H and O–H groups in total. The molecule has 22 heavy (non-hydrogen) atoms. The van der Waals surface area contributed by atoms with Gasteiger partial charge in [-0.05, 0) is 24.3 Å². The third-order valence-electron chi connectivity index (χ3n) is 2.83. The van der Waals surface area contributed by atoms with E-state index >= 15 is 0 Å². The van der Waals surface area contributed by atoms with Gasteiger partial charge in [0.15, 0.2) is 17.2 Å². The van der Waals surface area contributed by atoms with Crippen LogP contribution in [0, 0.1) is 0 Å². The van der Waals surface area contributed by atoms with Crippen LogP contribution in [0.3, 0.4) is 0 Å². The molecular weight excluding hydrogens is 286 g/mol. The van der Waals surface area contributed by atoms with Gasteiger partial charge in [0, 0.05) is 11.6 Å². The van der Waals surface area contributed by atoms with E-state index in [1.165, 1.54) is 5.39 Å². The molecule has 6 nitrogen and oxygen atoms in total. The molecule has 1 heterocycles. The average Bonchev–Trinajstić information content (AvgIpc) is 2.53. The monoisotopic (exact) mass is 299 g/mol. The number of hydrogen-bond acceptors (Lipinski definition) is 5. The number of carbonyl (C=O) groups is 1. The normalized spacial score (nSPS) is 9.82. The lowest BCUT2D eigenvalue weighted by atomic mass is 10.2. The van der Waals surface area contributed by atoms with E-state index in [0.717, 1.165) is 17.6 Å². The number of nitrogens with zero attached hydrogens (tertiary/aromatic N) is 1. The molecule has 6 heteroatoms. The molecule has 0 aliphatic carbocycles. The zero-order valence-corrected chi connectivity index (χ0v) is 11.3. The molecule has 0 fully saturated rings. The van der Waals surface area contributed by atoms with E-state index in [1.807, 2.05) is 30.5 Å². The van der Waals surface area contributed by atoms with Crippen LogP contribution in [0.2, 0.25) is 0 Å². The van der Waals surface area contributed by atoms with Crippen molar-refractivity contribution in [3.05, 3.63) is 60.3 Å². The quantitative estimate of drug-likeness (QED) is 0.514. The number of pyridine rings is 1. The molecule has 0 bridgehead atoms. The van der Waals surface area contributed by atoms with Crippen LogP contribution in [0.25, 0.3) is 10.9 Å². The third-order valence-corrected chi connectivity index (χ3v) is 2.83. The van der Waals surface area contributed by atoms with Gasteiger partial charge < -0.3 is 20.4 Å². The summed E-state index contributed by atoms with van der Waals surface area (Å²) in [5.74, 6) is -3.33. The maximum absolute atomic E-state index is 10.3. The average molecular weight is 299 g/mol. The minimum atomic E-state index is -1.29. The zero-order valence-electron chi connectivity index (χ0n) is 11.3. The minimum absolute atomic E-state index is 0.289. The van der Waals surface area contributed by atoms with Gasteiger partial charge in [-0.1, -0.05) is 24.3 Å². The van der Waals surface area contributed by atoms with Gasteiger partial charge in [0.1, 0.15) is 0 Å². The van der Waals surface area contributed by atoms with Gasteiger partial charge in [0.2, 0.25) is 0 Å². The van der Waals surface area contributed by atoms with Crippen molar-refractivity contribution in [1.82, 2.24) is 4.98 Å². The predicted molar refractivity (Wildman–Crippen MR) is 80.1 cm³/mol. The van der Waals surface area contributed by atoms with Crippen LogP contribution in [0.15, 0.2) is 54.7 Å². The van der Waals surface area contributed by atoms with E-state index in [9.17, 15) is 4.79 Å². The smallest absolute Gasteiger partial charge is 0.335 e. The lowest BCUT2D eigenvalue weighted by Crippen LogP contribution is -1.95. The number of rotatable bonds is 1. The fourth-order valence-electron chi connectivity index (χ4n) is 1.74. The van der Waals surface area contributed by atoms with Crippen molar-refractivity contribution in [2.75, 3.05) is 0 Å². The highest BCUT2D eigenvalue weighted by Crippen LogP contribution is 2.35. The van der Waals surface area contributed by atoms with Crippen molar-refractivity contribution >= 4 is 16.9 Å². The Labute approximate surface area is 125 Å². The van der Waals surface area contributed by atoms with E-state index in [0.29, 0.717) is 0 Å². The molecule has 0 unspecified atom stereocenters. The number of benzene rings is 2. The van der Waals surface area contributed by atoms with Gasteiger partial charge >= 0.3 is 5.97 Å². The zero-order chi connectivity index (χ0) is 16.1. The Kier molecular flexibility index (Phi) is 4.43. The molecule has 2 aromatic carbocycles. The van der Waals surface area contributed by atoms with Crippen molar-refractivity contribution in [2.45, 2.75) is 0 Å². The SMILES string of the molecule is O=C(O)c1cc(O)c(O)c(O)c1.c1ccc2ncccc2c1. The lowest BCUT2D eigenvalue weighted by Gasteiger charge is -2.01. The van der Waals surface area contributed by atoms with Crippen molar-refractivity contribution in [1.29, 1.82) is 0 Å². The Morgan fingerprint density at radius 1 is 0.909 bits per heavy atom. The third kappa shape index (κ3) is 3.43. The van der Waals surface area contributed by atoms with Gasteiger partial charge in [-0.3, -0.25) is 4.98 Å². The second-order valence-corrected chi connectivity index (χ2v) is 4.36. The van der Waals surface area contributed by atoms with Gasteiger partial charge in [-0.15, -0.1) is 0 Å². The van der Waals surface area contributed by atoms with Crippen LogP contribution in [0.5, 0.6) is 17.2 Å². The Morgan fingerprint density at radius 2 is 1.50 bits per heavy atom. The molecule has 0 aliphatic heterocycles. The molecule has 1 aromatic heterocycles. The molecule has 0 radical (unpaired) electrons. The first kappa shape index (κ1) is 15.1. The Hall–Kier alpha value is -3.28. The van der Waals surface area contributed by atoms with Crippen molar-refractivity contribution in [3.8, 4) is 17.2 Å². The highest BCUT2D eigenvalue weighted by molar-refractivity contribution is 5.89. The number of carboxylic acid groups (broad SMARTS) is 1. The number of para-hydroxylation sites is 1. The highest BCUT2D eigenvalue weighted by atomic mass is 16.4. The minimum Gasteiger partial charge on any atom is -0.504 e. The van der Waals surface area contributed by atoms with Crippen LogP contribution in [0.1, 0.15) is 10.4 Å². The van der Waals surface area contributed by atoms with Gasteiger partial charge in [0.05, 0.1) is 11.1 Å².